The van der Waals surface area contributed by atoms with E-state index >= 15 is 0 Å². The lowest BCUT2D eigenvalue weighted by atomic mass is 9.72. The van der Waals surface area contributed by atoms with Gasteiger partial charge in [0.25, 0.3) is 0 Å². The van der Waals surface area contributed by atoms with Crippen LogP contribution in [0.15, 0.2) is 36.9 Å². The molecule has 1 saturated heterocycles. The van der Waals surface area contributed by atoms with Crippen LogP contribution in [0.5, 0.6) is 0 Å². The largest absolute Gasteiger partial charge is 0.443 e. The molecule has 15 heteroatoms. The Morgan fingerprint density at radius 2 is 1.78 bits per heavy atom. The lowest BCUT2D eigenvalue weighted by Crippen LogP contribution is -2.50. The molecule has 0 aromatic carbocycles. The molecule has 260 valence electrons. The molecule has 1 atom stereocenters. The number of aromatic nitrogens is 7. The van der Waals surface area contributed by atoms with Gasteiger partial charge in [-0.15, -0.1) is 0 Å². The second-order valence-electron chi connectivity index (χ2n) is 14.6. The van der Waals surface area contributed by atoms with Gasteiger partial charge in [-0.25, -0.2) is 23.8 Å². The highest BCUT2D eigenvalue weighted by atomic mass is 16.6. The molecule has 1 unspecified atom stereocenters. The highest BCUT2D eigenvalue weighted by Gasteiger charge is 2.47. The molecule has 6 rings (SSSR count). The summed E-state index contributed by atoms with van der Waals surface area (Å²) in [4.78, 5) is 33.3. The molecule has 0 spiro atoms. The van der Waals surface area contributed by atoms with Crippen molar-refractivity contribution in [1.82, 2.24) is 34.2 Å². The molecular weight excluding hydrogens is 630 g/mol. The van der Waals surface area contributed by atoms with Crippen LogP contribution in [-0.4, -0.2) is 77.4 Å². The van der Waals surface area contributed by atoms with Crippen LogP contribution in [0.2, 0.25) is 0 Å². The second kappa shape index (κ2) is 12.9. The number of nitriles is 1. The summed E-state index contributed by atoms with van der Waals surface area (Å²) in [5, 5.41) is 23.6. The zero-order valence-electron chi connectivity index (χ0n) is 29.0. The molecule has 0 radical (unpaired) electrons. The summed E-state index contributed by atoms with van der Waals surface area (Å²) in [7, 11) is 1.68. The Bertz CT molecular complexity index is 1850. The van der Waals surface area contributed by atoms with E-state index in [1.807, 2.05) is 16.9 Å². The molecule has 2 fully saturated rings. The normalized spacial score (nSPS) is 21.2. The first-order valence-electron chi connectivity index (χ1n) is 16.5. The molecule has 5 heterocycles. The van der Waals surface area contributed by atoms with Crippen LogP contribution in [0.3, 0.4) is 0 Å². The van der Waals surface area contributed by atoms with Crippen molar-refractivity contribution in [2.75, 3.05) is 18.6 Å². The van der Waals surface area contributed by atoms with Gasteiger partial charge in [-0.05, 0) is 79.7 Å². The van der Waals surface area contributed by atoms with Crippen LogP contribution in [0.4, 0.5) is 15.4 Å². The fraction of sp³-hybridized carbons (Fsp3) is 0.559. The molecule has 4 aromatic heterocycles. The molecular formula is C34H43N9O6. The average molecular weight is 674 g/mol. The first kappa shape index (κ1) is 34.1. The lowest BCUT2D eigenvalue weighted by molar-refractivity contribution is -0.0542. The molecule has 2 aliphatic rings. The summed E-state index contributed by atoms with van der Waals surface area (Å²) < 4.78 is 28.0. The maximum Gasteiger partial charge on any atom is 0.425 e. The summed E-state index contributed by atoms with van der Waals surface area (Å²) in [6.07, 6.45) is 8.79. The van der Waals surface area contributed by atoms with Crippen molar-refractivity contribution in [2.45, 2.75) is 109 Å². The molecule has 49 heavy (non-hydrogen) atoms. The molecule has 4 aromatic rings. The fourth-order valence-electron chi connectivity index (χ4n) is 6.16. The number of hydrogen-bond donors (Lipinski definition) is 0. The van der Waals surface area contributed by atoms with E-state index in [2.05, 4.69) is 16.3 Å². The smallest absolute Gasteiger partial charge is 0.425 e. The summed E-state index contributed by atoms with van der Waals surface area (Å²) in [5.41, 5.74) is 0.612. The minimum Gasteiger partial charge on any atom is -0.443 e. The zero-order chi connectivity index (χ0) is 35.1. The van der Waals surface area contributed by atoms with Gasteiger partial charge in [0.15, 0.2) is 12.0 Å². The van der Waals surface area contributed by atoms with Crippen molar-refractivity contribution in [1.29, 1.82) is 5.26 Å². The number of ether oxygens (including phenoxy) is 4. The SMILES string of the molecule is CO[C@H]1C[C@@](CC#N)(n2cc(-c3nc(-c4cc(N(C(=O)OC(C)(C)C)C(=O)OC(C)(C)C)n(C5CCCCO5)n4)cn4nccc34)cn2)C1. The first-order valence-corrected chi connectivity index (χ1v) is 16.5. The van der Waals surface area contributed by atoms with E-state index in [9.17, 15) is 14.9 Å². The van der Waals surface area contributed by atoms with Gasteiger partial charge in [-0.3, -0.25) is 4.68 Å². The third-order valence-electron chi connectivity index (χ3n) is 8.48. The van der Waals surface area contributed by atoms with E-state index in [4.69, 9.17) is 29.0 Å². The quantitative estimate of drug-likeness (QED) is 0.218. The van der Waals surface area contributed by atoms with Crippen molar-refractivity contribution in [3.05, 3.63) is 36.9 Å². The van der Waals surface area contributed by atoms with Gasteiger partial charge in [-0.1, -0.05) is 0 Å². The van der Waals surface area contributed by atoms with Crippen LogP contribution in [0, 0.1) is 11.3 Å². The zero-order valence-corrected chi connectivity index (χ0v) is 29.0. The topological polar surface area (TPSA) is 164 Å². The summed E-state index contributed by atoms with van der Waals surface area (Å²) in [5.74, 6) is 0.123. The summed E-state index contributed by atoms with van der Waals surface area (Å²) >= 11 is 0. The van der Waals surface area contributed by atoms with Gasteiger partial charge in [-0.2, -0.15) is 25.5 Å². The van der Waals surface area contributed by atoms with Crippen LogP contribution < -0.4 is 4.90 Å². The molecule has 15 nitrogen and oxygen atoms in total. The summed E-state index contributed by atoms with van der Waals surface area (Å²) in [6, 6.07) is 5.77. The molecule has 0 N–H and O–H groups in total. The van der Waals surface area contributed by atoms with Gasteiger partial charge < -0.3 is 18.9 Å². The standard InChI is InChI=1S/C34H43N9O6/c1-32(2,3)48-30(44)42(31(45)49-33(4,5)6)27-16-24(39-43(27)28-10-8-9-15-47-28)25-21-40-26(11-14-36-40)29(38-25)22-19-37-41(20-22)34(12-13-35)17-23(18-34)46-7/h11,14,16,19-21,23,28H,8-10,12,15,17-18H2,1-7H3/t23-,28?,34+. The van der Waals surface area contributed by atoms with Gasteiger partial charge in [0.2, 0.25) is 0 Å². The second-order valence-corrected chi connectivity index (χ2v) is 14.6. The monoisotopic (exact) mass is 673 g/mol. The number of carbonyl (C=O) groups is 2. The van der Waals surface area contributed by atoms with E-state index < -0.39 is 35.2 Å². The van der Waals surface area contributed by atoms with Gasteiger partial charge in [0.1, 0.15) is 22.6 Å². The highest BCUT2D eigenvalue weighted by Crippen LogP contribution is 2.44. The van der Waals surface area contributed by atoms with Crippen LogP contribution in [-0.2, 0) is 24.5 Å². The average Bonchev–Trinajstić information content (AvgIpc) is 3.77. The maximum absolute atomic E-state index is 13.7. The number of imide groups is 1. The minimum atomic E-state index is -0.910. The number of anilines is 1. The van der Waals surface area contributed by atoms with E-state index in [0.717, 1.165) is 28.8 Å². The van der Waals surface area contributed by atoms with Gasteiger partial charge >= 0.3 is 12.2 Å². The Morgan fingerprint density at radius 3 is 2.39 bits per heavy atom. The van der Waals surface area contributed by atoms with Crippen molar-refractivity contribution in [2.24, 2.45) is 0 Å². The highest BCUT2D eigenvalue weighted by molar-refractivity contribution is 6.09. The first-order chi connectivity index (χ1) is 23.2. The Kier molecular flexibility index (Phi) is 8.97. The van der Waals surface area contributed by atoms with Crippen molar-refractivity contribution >= 4 is 23.5 Å². The molecule has 2 amide bonds. The maximum atomic E-state index is 13.7. The Morgan fingerprint density at radius 1 is 1.06 bits per heavy atom. The number of hydrogen-bond acceptors (Lipinski definition) is 11. The number of nitrogens with zero attached hydrogens (tertiary/aromatic N) is 9. The van der Waals surface area contributed by atoms with Crippen molar-refractivity contribution < 1.29 is 28.5 Å². The van der Waals surface area contributed by atoms with E-state index in [-0.39, 0.29) is 11.9 Å². The minimum absolute atomic E-state index is 0.0716. The number of fused-ring (bicyclic) bond motifs is 1. The number of rotatable bonds is 7. The molecule has 1 aliphatic heterocycles. The Balaban J connectivity index is 1.46. The van der Waals surface area contributed by atoms with Crippen LogP contribution in [0.1, 0.15) is 86.3 Å². The number of carbonyl (C=O) groups excluding carboxylic acids is 2. The van der Waals surface area contributed by atoms with Gasteiger partial charge in [0.05, 0.1) is 53.9 Å². The van der Waals surface area contributed by atoms with Crippen LogP contribution >= 0.6 is 0 Å². The third-order valence-corrected chi connectivity index (χ3v) is 8.48. The van der Waals surface area contributed by atoms with E-state index in [1.54, 1.807) is 77.8 Å². The molecule has 1 saturated carbocycles. The van der Waals surface area contributed by atoms with Crippen molar-refractivity contribution in [3.63, 3.8) is 0 Å². The van der Waals surface area contributed by atoms with Crippen molar-refractivity contribution in [3.8, 4) is 28.7 Å². The lowest BCUT2D eigenvalue weighted by Gasteiger charge is -2.45. The molecule has 1 aliphatic carbocycles. The number of amides is 2. The molecule has 0 bridgehead atoms. The predicted octanol–water partition coefficient (Wildman–Crippen LogP) is 6.25. The van der Waals surface area contributed by atoms with E-state index in [0.29, 0.717) is 49.4 Å². The predicted molar refractivity (Wildman–Crippen MR) is 177 cm³/mol. The fourth-order valence-corrected chi connectivity index (χ4v) is 6.16. The Labute approximate surface area is 284 Å². The summed E-state index contributed by atoms with van der Waals surface area (Å²) in [6.45, 7) is 10.8. The van der Waals surface area contributed by atoms with Crippen LogP contribution in [0.25, 0.3) is 28.2 Å². The van der Waals surface area contributed by atoms with E-state index in [1.165, 1.54) is 4.68 Å². The van der Waals surface area contributed by atoms with Gasteiger partial charge in [0, 0.05) is 31.5 Å². The number of methoxy groups -OCH3 is 1. The third kappa shape index (κ3) is 7.02. The Hall–Kier alpha value is -4.81.